The van der Waals surface area contributed by atoms with Crippen molar-refractivity contribution in [3.05, 3.63) is 129 Å². The van der Waals surface area contributed by atoms with Crippen LogP contribution in [0.15, 0.2) is 96.1 Å². The second-order valence-electron chi connectivity index (χ2n) is 14.2. The van der Waals surface area contributed by atoms with Gasteiger partial charge in [0.05, 0.1) is 0 Å². The standard InChI is InChI=1S/C46H54Si/c1-5-7-9-11-15-35-21-25-37(26-22-35)39-17-13-19-41-43(39)29-33(3)45(41)31-47-32-46-34(4)30-44-40(18-14-20-42(44)46)38-27-23-36(24-28-38)16-12-10-8-6-2/h13-14,17-30,45-46H,5-12,15-16,31-32H2,1-4H3. The summed E-state index contributed by atoms with van der Waals surface area (Å²) in [4.78, 5) is 0. The minimum atomic E-state index is 0.540. The third-order valence-corrected chi connectivity index (χ3v) is 12.1. The zero-order valence-corrected chi connectivity index (χ0v) is 30.4. The SMILES string of the molecule is CCCCCCc1ccc(-c2cccc3c2C=C(C)C3C[Si]CC2C(C)=Cc3c(-c4ccc(CCCCCC)cc4)cccc32)cc1. The highest BCUT2D eigenvalue weighted by Gasteiger charge is 2.28. The highest BCUT2D eigenvalue weighted by atomic mass is 28.2. The zero-order valence-electron chi connectivity index (χ0n) is 29.4. The van der Waals surface area contributed by atoms with Gasteiger partial charge in [-0.1, -0.05) is 173 Å². The van der Waals surface area contributed by atoms with E-state index in [2.05, 4.69) is 125 Å². The Balaban J connectivity index is 1.10. The third kappa shape index (κ3) is 7.84. The van der Waals surface area contributed by atoms with Crippen molar-refractivity contribution >= 4 is 21.7 Å². The summed E-state index contributed by atoms with van der Waals surface area (Å²) in [6.07, 6.45) is 17.9. The summed E-state index contributed by atoms with van der Waals surface area (Å²) in [5.41, 5.74) is 17.5. The fraction of sp³-hybridized carbons (Fsp3) is 0.391. The smallest absolute Gasteiger partial charge is 0.0397 e. The molecule has 4 aromatic carbocycles. The van der Waals surface area contributed by atoms with Crippen LogP contribution < -0.4 is 0 Å². The van der Waals surface area contributed by atoms with E-state index in [1.807, 2.05) is 0 Å². The van der Waals surface area contributed by atoms with Crippen molar-refractivity contribution in [1.82, 2.24) is 0 Å². The number of hydrogen-bond acceptors (Lipinski definition) is 0. The van der Waals surface area contributed by atoms with Gasteiger partial charge in [0.25, 0.3) is 0 Å². The quantitative estimate of drug-likeness (QED) is 0.0850. The van der Waals surface area contributed by atoms with Crippen molar-refractivity contribution in [2.24, 2.45) is 0 Å². The zero-order chi connectivity index (χ0) is 32.6. The number of unbranched alkanes of at least 4 members (excludes halogenated alkanes) is 6. The molecule has 1 heteroatoms. The third-order valence-electron chi connectivity index (χ3n) is 10.7. The maximum atomic E-state index is 2.48. The fourth-order valence-corrected chi connectivity index (χ4v) is 9.70. The second-order valence-corrected chi connectivity index (χ2v) is 15.5. The van der Waals surface area contributed by atoms with Crippen molar-refractivity contribution in [2.75, 3.05) is 0 Å². The largest absolute Gasteiger partial charge is 0.0655 e. The van der Waals surface area contributed by atoms with Crippen molar-refractivity contribution < 1.29 is 0 Å². The van der Waals surface area contributed by atoms with Gasteiger partial charge in [0, 0.05) is 21.4 Å². The maximum absolute atomic E-state index is 2.48. The number of hydrogen-bond donors (Lipinski definition) is 0. The first kappa shape index (κ1) is 33.5. The lowest BCUT2D eigenvalue weighted by Gasteiger charge is -2.19. The van der Waals surface area contributed by atoms with E-state index in [1.54, 1.807) is 0 Å². The second kappa shape index (κ2) is 16.1. The van der Waals surface area contributed by atoms with Gasteiger partial charge in [-0.25, -0.2) is 0 Å². The van der Waals surface area contributed by atoms with Gasteiger partial charge < -0.3 is 0 Å². The van der Waals surface area contributed by atoms with Gasteiger partial charge >= 0.3 is 0 Å². The Kier molecular flexibility index (Phi) is 11.5. The Hall–Kier alpha value is -3.42. The van der Waals surface area contributed by atoms with Crippen molar-refractivity contribution in [2.45, 2.75) is 116 Å². The van der Waals surface area contributed by atoms with E-state index in [9.17, 15) is 0 Å². The predicted molar refractivity (Wildman–Crippen MR) is 208 cm³/mol. The van der Waals surface area contributed by atoms with Crippen LogP contribution in [0.4, 0.5) is 0 Å². The number of benzene rings is 4. The highest BCUT2D eigenvalue weighted by molar-refractivity contribution is 6.36. The molecule has 0 nitrogen and oxygen atoms in total. The summed E-state index contributed by atoms with van der Waals surface area (Å²) in [6, 6.07) is 35.3. The van der Waals surface area contributed by atoms with Crippen molar-refractivity contribution in [3.63, 3.8) is 0 Å². The summed E-state index contributed by atoms with van der Waals surface area (Å²) in [6.45, 7) is 9.28. The minimum absolute atomic E-state index is 0.540. The molecule has 0 heterocycles. The van der Waals surface area contributed by atoms with Crippen LogP contribution in [0.2, 0.25) is 12.1 Å². The summed E-state index contributed by atoms with van der Waals surface area (Å²) in [5, 5.41) is 0. The first-order valence-corrected chi connectivity index (χ1v) is 20.0. The van der Waals surface area contributed by atoms with Crippen LogP contribution >= 0.6 is 0 Å². The molecule has 2 radical (unpaired) electrons. The molecule has 0 saturated heterocycles. The van der Waals surface area contributed by atoms with Crippen molar-refractivity contribution in [3.8, 4) is 22.3 Å². The highest BCUT2D eigenvalue weighted by Crippen LogP contribution is 2.46. The molecule has 2 aliphatic rings. The van der Waals surface area contributed by atoms with Gasteiger partial charge in [-0.3, -0.25) is 0 Å². The molecule has 0 bridgehead atoms. The number of rotatable bonds is 16. The molecule has 2 atom stereocenters. The molecule has 2 unspecified atom stereocenters. The van der Waals surface area contributed by atoms with E-state index >= 15 is 0 Å². The monoisotopic (exact) mass is 634 g/mol. The molecular formula is C46H54Si. The summed E-state index contributed by atoms with van der Waals surface area (Å²) < 4.78 is 0. The number of aryl methyl sites for hydroxylation is 2. The molecule has 0 saturated carbocycles. The molecule has 242 valence electrons. The van der Waals surface area contributed by atoms with Crippen LogP contribution in [-0.2, 0) is 12.8 Å². The molecular weight excluding hydrogens is 581 g/mol. The van der Waals surface area contributed by atoms with E-state index in [-0.39, 0.29) is 0 Å². The number of allylic oxidation sites excluding steroid dienone is 2. The molecule has 0 spiro atoms. The molecule has 0 aromatic heterocycles. The van der Waals surface area contributed by atoms with Crippen LogP contribution in [0.3, 0.4) is 0 Å². The van der Waals surface area contributed by atoms with Crippen LogP contribution in [-0.4, -0.2) is 9.52 Å². The average molecular weight is 635 g/mol. The predicted octanol–water partition coefficient (Wildman–Crippen LogP) is 13.5. The number of fused-ring (bicyclic) bond motifs is 2. The Morgan fingerprint density at radius 1 is 0.489 bits per heavy atom. The first-order chi connectivity index (χ1) is 23.1. The summed E-state index contributed by atoms with van der Waals surface area (Å²) >= 11 is 0. The van der Waals surface area contributed by atoms with Crippen LogP contribution in [0.5, 0.6) is 0 Å². The molecule has 2 aliphatic carbocycles. The minimum Gasteiger partial charge on any atom is -0.0655 e. The lowest BCUT2D eigenvalue weighted by Crippen LogP contribution is -2.06. The fourth-order valence-electron chi connectivity index (χ4n) is 7.87. The Morgan fingerprint density at radius 3 is 1.32 bits per heavy atom. The van der Waals surface area contributed by atoms with Gasteiger partial charge in [-0.15, -0.1) is 0 Å². The molecule has 0 fully saturated rings. The first-order valence-electron chi connectivity index (χ1n) is 18.6. The van der Waals surface area contributed by atoms with Crippen LogP contribution in [0, 0.1) is 0 Å². The van der Waals surface area contributed by atoms with Crippen LogP contribution in [0.25, 0.3) is 34.4 Å². The Labute approximate surface area is 288 Å². The summed E-state index contributed by atoms with van der Waals surface area (Å²) in [7, 11) is 0.936. The Bertz CT molecular complexity index is 1560. The molecule has 4 aromatic rings. The average Bonchev–Trinajstić information content (AvgIpc) is 3.60. The van der Waals surface area contributed by atoms with E-state index in [0.29, 0.717) is 11.8 Å². The van der Waals surface area contributed by atoms with Gasteiger partial charge in [0.2, 0.25) is 0 Å². The van der Waals surface area contributed by atoms with Crippen LogP contribution in [0.1, 0.15) is 124 Å². The van der Waals surface area contributed by atoms with Gasteiger partial charge in [0.1, 0.15) is 0 Å². The topological polar surface area (TPSA) is 0 Å². The lowest BCUT2D eigenvalue weighted by atomic mass is 9.92. The molecule has 0 N–H and O–H groups in total. The van der Waals surface area contributed by atoms with E-state index in [0.717, 1.165) is 9.52 Å². The van der Waals surface area contributed by atoms with Gasteiger partial charge in [-0.2, -0.15) is 0 Å². The molecule has 47 heavy (non-hydrogen) atoms. The Morgan fingerprint density at radius 2 is 0.915 bits per heavy atom. The van der Waals surface area contributed by atoms with Gasteiger partial charge in [-0.05, 0) is 95.2 Å². The molecule has 6 rings (SSSR count). The van der Waals surface area contributed by atoms with E-state index < -0.39 is 0 Å². The maximum Gasteiger partial charge on any atom is 0.0397 e. The molecule has 0 aliphatic heterocycles. The summed E-state index contributed by atoms with van der Waals surface area (Å²) in [5.74, 6) is 1.08. The molecule has 0 amide bonds. The van der Waals surface area contributed by atoms with E-state index in [1.165, 1.54) is 143 Å². The van der Waals surface area contributed by atoms with Crippen molar-refractivity contribution in [1.29, 1.82) is 0 Å². The van der Waals surface area contributed by atoms with Gasteiger partial charge in [0.15, 0.2) is 0 Å². The lowest BCUT2D eigenvalue weighted by molar-refractivity contribution is 0.667. The van der Waals surface area contributed by atoms with E-state index in [4.69, 9.17) is 0 Å². The normalized spacial score (nSPS) is 16.6.